The van der Waals surface area contributed by atoms with Gasteiger partial charge < -0.3 is 9.84 Å². The molecule has 0 aliphatic heterocycles. The summed E-state index contributed by atoms with van der Waals surface area (Å²) in [5, 5.41) is 9.23. The van der Waals surface area contributed by atoms with E-state index < -0.39 is 24.1 Å². The highest BCUT2D eigenvalue weighted by molar-refractivity contribution is 5.25. The largest absolute Gasteiger partial charge is 0.414 e. The predicted molar refractivity (Wildman–Crippen MR) is 62.3 cm³/mol. The lowest BCUT2D eigenvalue weighted by Gasteiger charge is -2.32. The van der Waals surface area contributed by atoms with Crippen molar-refractivity contribution in [3.63, 3.8) is 0 Å². The van der Waals surface area contributed by atoms with E-state index in [1.807, 2.05) is 0 Å². The minimum atomic E-state index is -4.61. The summed E-state index contributed by atoms with van der Waals surface area (Å²) in [5.41, 5.74) is -0.152. The molecule has 0 aromatic heterocycles. The third-order valence-electron chi connectivity index (χ3n) is 2.96. The minimum absolute atomic E-state index is 0.115. The molecule has 1 aromatic carbocycles. The first-order valence-electron chi connectivity index (χ1n) is 5.59. The van der Waals surface area contributed by atoms with E-state index in [1.54, 1.807) is 37.3 Å². The second-order valence-electron chi connectivity index (χ2n) is 4.62. The van der Waals surface area contributed by atoms with Gasteiger partial charge in [-0.1, -0.05) is 37.3 Å². The topological polar surface area (TPSA) is 29.5 Å². The fourth-order valence-corrected chi connectivity index (χ4v) is 1.96. The number of ether oxygens (including phenoxy) is 1. The molecule has 18 heavy (non-hydrogen) atoms. The lowest BCUT2D eigenvalue weighted by atomic mass is 9.78. The molecule has 0 amide bonds. The van der Waals surface area contributed by atoms with Crippen LogP contribution in [-0.4, -0.2) is 31.1 Å². The van der Waals surface area contributed by atoms with Crippen LogP contribution in [0.2, 0.25) is 0 Å². The van der Waals surface area contributed by atoms with Gasteiger partial charge in [0.25, 0.3) is 0 Å². The molecule has 5 heteroatoms. The first-order valence-corrected chi connectivity index (χ1v) is 5.59. The average molecular weight is 262 g/mol. The highest BCUT2D eigenvalue weighted by atomic mass is 19.4. The van der Waals surface area contributed by atoms with Crippen LogP contribution in [0.15, 0.2) is 30.3 Å². The van der Waals surface area contributed by atoms with Crippen molar-refractivity contribution in [2.45, 2.75) is 31.0 Å². The molecule has 1 N–H and O–H groups in total. The van der Waals surface area contributed by atoms with Crippen LogP contribution in [0, 0.1) is 0 Å². The minimum Gasteiger partial charge on any atom is -0.384 e. The summed E-state index contributed by atoms with van der Waals surface area (Å²) >= 11 is 0. The Morgan fingerprint density at radius 1 is 1.22 bits per heavy atom. The van der Waals surface area contributed by atoms with Gasteiger partial charge in [0.1, 0.15) is 0 Å². The Balaban J connectivity index is 2.95. The normalized spacial score (nSPS) is 17.2. The fourth-order valence-electron chi connectivity index (χ4n) is 1.96. The van der Waals surface area contributed by atoms with Gasteiger partial charge in [-0.2, -0.15) is 13.2 Å². The van der Waals surface area contributed by atoms with Crippen molar-refractivity contribution in [2.24, 2.45) is 0 Å². The SMILES string of the molecule is COC[C@@](C)(CC(O)C(F)(F)F)c1ccccc1. The number of hydrogen-bond donors (Lipinski definition) is 1. The lowest BCUT2D eigenvalue weighted by molar-refractivity contribution is -0.210. The van der Waals surface area contributed by atoms with E-state index in [0.29, 0.717) is 0 Å². The number of rotatable bonds is 5. The number of aliphatic hydroxyl groups excluding tert-OH is 1. The van der Waals surface area contributed by atoms with Gasteiger partial charge in [0, 0.05) is 12.5 Å². The molecule has 0 saturated heterocycles. The highest BCUT2D eigenvalue weighted by Crippen LogP contribution is 2.34. The second-order valence-corrected chi connectivity index (χ2v) is 4.62. The maximum Gasteiger partial charge on any atom is 0.414 e. The summed E-state index contributed by atoms with van der Waals surface area (Å²) in [6.07, 6.45) is -7.38. The Labute approximate surface area is 104 Å². The molecule has 0 bridgehead atoms. The first kappa shape index (κ1) is 15.0. The molecule has 0 fully saturated rings. The van der Waals surface area contributed by atoms with Crippen LogP contribution >= 0.6 is 0 Å². The number of aliphatic hydroxyl groups is 1. The standard InChI is InChI=1S/C13H17F3O2/c1-12(9-18-2,8-11(17)13(14,15)16)10-6-4-3-5-7-10/h3-7,11,17H,8-9H2,1-2H3/t11?,12-/m1/s1. The van der Waals surface area contributed by atoms with Crippen molar-refractivity contribution >= 4 is 0 Å². The first-order chi connectivity index (χ1) is 8.29. The molecule has 0 aliphatic rings. The number of hydrogen-bond acceptors (Lipinski definition) is 2. The van der Waals surface area contributed by atoms with E-state index in [2.05, 4.69) is 0 Å². The molecule has 2 atom stereocenters. The van der Waals surface area contributed by atoms with E-state index in [-0.39, 0.29) is 6.61 Å². The molecule has 1 aromatic rings. The lowest BCUT2D eigenvalue weighted by Crippen LogP contribution is -2.39. The highest BCUT2D eigenvalue weighted by Gasteiger charge is 2.43. The zero-order valence-corrected chi connectivity index (χ0v) is 10.4. The number of benzene rings is 1. The third kappa shape index (κ3) is 3.71. The Bertz CT molecular complexity index is 364. The monoisotopic (exact) mass is 262 g/mol. The molecule has 0 aliphatic carbocycles. The van der Waals surface area contributed by atoms with Crippen LogP contribution in [0.3, 0.4) is 0 Å². The molecular formula is C13H17F3O2. The van der Waals surface area contributed by atoms with Crippen molar-refractivity contribution in [3.05, 3.63) is 35.9 Å². The smallest absolute Gasteiger partial charge is 0.384 e. The summed E-state index contributed by atoms with van der Waals surface area (Å²) in [4.78, 5) is 0. The molecule has 1 unspecified atom stereocenters. The average Bonchev–Trinajstić information content (AvgIpc) is 2.29. The van der Waals surface area contributed by atoms with E-state index in [1.165, 1.54) is 7.11 Å². The van der Waals surface area contributed by atoms with Gasteiger partial charge in [0.2, 0.25) is 0 Å². The quantitative estimate of drug-likeness (QED) is 0.884. The number of halogens is 3. The van der Waals surface area contributed by atoms with Gasteiger partial charge >= 0.3 is 6.18 Å². The second kappa shape index (κ2) is 5.71. The van der Waals surface area contributed by atoms with Gasteiger partial charge in [-0.05, 0) is 12.0 Å². The van der Waals surface area contributed by atoms with Crippen LogP contribution in [-0.2, 0) is 10.2 Å². The Morgan fingerprint density at radius 2 is 1.78 bits per heavy atom. The zero-order valence-electron chi connectivity index (χ0n) is 10.4. The summed E-state index contributed by atoms with van der Waals surface area (Å²) < 4.78 is 42.3. The Hall–Kier alpha value is -1.07. The van der Waals surface area contributed by atoms with E-state index >= 15 is 0 Å². The fraction of sp³-hybridized carbons (Fsp3) is 0.538. The van der Waals surface area contributed by atoms with Crippen molar-refractivity contribution in [1.82, 2.24) is 0 Å². The van der Waals surface area contributed by atoms with E-state index in [4.69, 9.17) is 4.74 Å². The van der Waals surface area contributed by atoms with Crippen LogP contribution in [0.5, 0.6) is 0 Å². The molecule has 1 rings (SSSR count). The molecule has 2 nitrogen and oxygen atoms in total. The van der Waals surface area contributed by atoms with Crippen molar-refractivity contribution in [2.75, 3.05) is 13.7 Å². The van der Waals surface area contributed by atoms with Gasteiger partial charge in [0.15, 0.2) is 6.10 Å². The van der Waals surface area contributed by atoms with Crippen molar-refractivity contribution in [3.8, 4) is 0 Å². The Morgan fingerprint density at radius 3 is 2.22 bits per heavy atom. The predicted octanol–water partition coefficient (Wildman–Crippen LogP) is 2.90. The molecular weight excluding hydrogens is 245 g/mol. The summed E-state index contributed by atoms with van der Waals surface area (Å²) in [6, 6.07) is 8.77. The van der Waals surface area contributed by atoms with Crippen LogP contribution in [0.25, 0.3) is 0 Å². The van der Waals surface area contributed by atoms with Crippen LogP contribution < -0.4 is 0 Å². The third-order valence-corrected chi connectivity index (χ3v) is 2.96. The molecule has 102 valence electrons. The zero-order chi connectivity index (χ0) is 13.8. The van der Waals surface area contributed by atoms with Crippen molar-refractivity contribution < 1.29 is 23.0 Å². The van der Waals surface area contributed by atoms with Gasteiger partial charge in [-0.3, -0.25) is 0 Å². The number of methoxy groups -OCH3 is 1. The van der Waals surface area contributed by atoms with E-state index in [0.717, 1.165) is 5.56 Å². The number of alkyl halides is 3. The maximum absolute atomic E-state index is 12.4. The van der Waals surface area contributed by atoms with Gasteiger partial charge in [-0.15, -0.1) is 0 Å². The molecule has 0 radical (unpaired) electrons. The van der Waals surface area contributed by atoms with Gasteiger partial charge in [0.05, 0.1) is 6.61 Å². The maximum atomic E-state index is 12.4. The summed E-state index contributed by atoms with van der Waals surface area (Å²) in [6.45, 7) is 1.77. The summed E-state index contributed by atoms with van der Waals surface area (Å²) in [7, 11) is 1.43. The van der Waals surface area contributed by atoms with Crippen LogP contribution in [0.1, 0.15) is 18.9 Å². The van der Waals surface area contributed by atoms with E-state index in [9.17, 15) is 18.3 Å². The molecule has 0 spiro atoms. The molecule has 0 saturated carbocycles. The summed E-state index contributed by atoms with van der Waals surface area (Å²) in [5.74, 6) is 0. The Kier molecular flexibility index (Phi) is 4.76. The molecule has 0 heterocycles. The van der Waals surface area contributed by atoms with Gasteiger partial charge in [-0.25, -0.2) is 0 Å². The van der Waals surface area contributed by atoms with Crippen LogP contribution in [0.4, 0.5) is 13.2 Å². The van der Waals surface area contributed by atoms with Crippen molar-refractivity contribution in [1.29, 1.82) is 0 Å².